The molecule has 1 atom stereocenters. The van der Waals surface area contributed by atoms with Gasteiger partial charge in [-0.3, -0.25) is 4.79 Å². The molecule has 0 heterocycles. The van der Waals surface area contributed by atoms with Crippen molar-refractivity contribution in [3.05, 3.63) is 33.9 Å². The lowest BCUT2D eigenvalue weighted by Gasteiger charge is -2.13. The van der Waals surface area contributed by atoms with Crippen LogP contribution in [-0.4, -0.2) is 5.78 Å². The van der Waals surface area contributed by atoms with Crippen LogP contribution in [-0.2, 0) is 12.8 Å². The van der Waals surface area contributed by atoms with Gasteiger partial charge in [-0.05, 0) is 48.9 Å². The second-order valence-electron chi connectivity index (χ2n) is 5.05. The van der Waals surface area contributed by atoms with E-state index in [1.165, 1.54) is 22.3 Å². The smallest absolute Gasteiger partial charge is 0.166 e. The third kappa shape index (κ3) is 1.59. The van der Waals surface area contributed by atoms with Crippen molar-refractivity contribution < 1.29 is 4.79 Å². The molecule has 2 rings (SSSR count). The molecular formula is C15H20O. The molecular weight excluding hydrogens is 196 g/mol. The number of Topliss-reactive ketones (excluding diaryl/α,β-unsaturated/α-hetero) is 1. The first-order chi connectivity index (χ1) is 7.56. The summed E-state index contributed by atoms with van der Waals surface area (Å²) < 4.78 is 0. The van der Waals surface area contributed by atoms with Gasteiger partial charge in [-0.15, -0.1) is 0 Å². The van der Waals surface area contributed by atoms with E-state index in [0.29, 0.717) is 5.78 Å². The van der Waals surface area contributed by atoms with E-state index in [4.69, 9.17) is 0 Å². The maximum atomic E-state index is 12.1. The largest absolute Gasteiger partial charge is 0.294 e. The van der Waals surface area contributed by atoms with Gasteiger partial charge in [0.05, 0.1) is 0 Å². The van der Waals surface area contributed by atoms with Crippen LogP contribution in [0.2, 0.25) is 0 Å². The Labute approximate surface area is 97.9 Å². The zero-order valence-corrected chi connectivity index (χ0v) is 10.7. The summed E-state index contributed by atoms with van der Waals surface area (Å²) in [4.78, 5) is 12.1. The van der Waals surface area contributed by atoms with Crippen molar-refractivity contribution in [1.29, 1.82) is 0 Å². The standard InChI is InChI=1S/C15H20O/c1-5-6-13-9(2)7-12-8-10(3)15(16)14(12)11(13)4/h7,10H,5-6,8H2,1-4H3. The third-order valence-electron chi connectivity index (χ3n) is 3.74. The summed E-state index contributed by atoms with van der Waals surface area (Å²) in [7, 11) is 0. The Balaban J connectivity index is 2.59. The summed E-state index contributed by atoms with van der Waals surface area (Å²) in [5.74, 6) is 0.537. The first-order valence-electron chi connectivity index (χ1n) is 6.22. The Bertz CT molecular complexity index is 443. The van der Waals surface area contributed by atoms with E-state index < -0.39 is 0 Å². The highest BCUT2D eigenvalue weighted by atomic mass is 16.1. The molecule has 0 amide bonds. The minimum Gasteiger partial charge on any atom is -0.294 e. The fourth-order valence-electron chi connectivity index (χ4n) is 2.92. The number of rotatable bonds is 2. The zero-order valence-electron chi connectivity index (χ0n) is 10.7. The molecule has 1 aromatic carbocycles. The van der Waals surface area contributed by atoms with E-state index in [2.05, 4.69) is 26.8 Å². The molecule has 0 fully saturated rings. The van der Waals surface area contributed by atoms with Gasteiger partial charge in [-0.25, -0.2) is 0 Å². The number of ketones is 1. The number of aryl methyl sites for hydroxylation is 1. The molecule has 1 heteroatoms. The molecule has 0 saturated heterocycles. The highest BCUT2D eigenvalue weighted by Crippen LogP contribution is 2.33. The quantitative estimate of drug-likeness (QED) is 0.737. The minimum absolute atomic E-state index is 0.185. The van der Waals surface area contributed by atoms with Crippen LogP contribution in [0, 0.1) is 19.8 Å². The Morgan fingerprint density at radius 1 is 1.38 bits per heavy atom. The molecule has 0 radical (unpaired) electrons. The van der Waals surface area contributed by atoms with Gasteiger partial charge in [0.2, 0.25) is 0 Å². The van der Waals surface area contributed by atoms with Gasteiger partial charge in [0.1, 0.15) is 0 Å². The summed E-state index contributed by atoms with van der Waals surface area (Å²) in [6.07, 6.45) is 3.17. The Morgan fingerprint density at radius 3 is 2.69 bits per heavy atom. The van der Waals surface area contributed by atoms with Crippen molar-refractivity contribution in [2.24, 2.45) is 5.92 Å². The maximum Gasteiger partial charge on any atom is 0.166 e. The average molecular weight is 216 g/mol. The molecule has 0 N–H and O–H groups in total. The molecule has 0 spiro atoms. The van der Waals surface area contributed by atoms with Gasteiger partial charge >= 0.3 is 0 Å². The Morgan fingerprint density at radius 2 is 2.06 bits per heavy atom. The number of hydrogen-bond acceptors (Lipinski definition) is 1. The number of hydrogen-bond donors (Lipinski definition) is 0. The van der Waals surface area contributed by atoms with Crippen LogP contribution >= 0.6 is 0 Å². The van der Waals surface area contributed by atoms with Crippen molar-refractivity contribution in [2.75, 3.05) is 0 Å². The van der Waals surface area contributed by atoms with E-state index in [1.54, 1.807) is 0 Å². The number of carbonyl (C=O) groups is 1. The van der Waals surface area contributed by atoms with Crippen LogP contribution in [0.5, 0.6) is 0 Å². The molecule has 0 saturated carbocycles. The zero-order chi connectivity index (χ0) is 11.9. The van der Waals surface area contributed by atoms with Crippen LogP contribution in [0.15, 0.2) is 6.07 Å². The normalized spacial score (nSPS) is 19.0. The minimum atomic E-state index is 0.185. The predicted molar refractivity (Wildman–Crippen MR) is 67.1 cm³/mol. The molecule has 1 nitrogen and oxygen atoms in total. The second-order valence-corrected chi connectivity index (χ2v) is 5.05. The topological polar surface area (TPSA) is 17.1 Å². The maximum absolute atomic E-state index is 12.1. The summed E-state index contributed by atoms with van der Waals surface area (Å²) in [5, 5.41) is 0. The molecule has 1 unspecified atom stereocenters. The van der Waals surface area contributed by atoms with E-state index in [1.807, 2.05) is 6.92 Å². The molecule has 0 bridgehead atoms. The molecule has 1 aromatic rings. The van der Waals surface area contributed by atoms with E-state index >= 15 is 0 Å². The summed E-state index contributed by atoms with van der Waals surface area (Å²) in [6, 6.07) is 2.23. The first-order valence-corrected chi connectivity index (χ1v) is 6.22. The van der Waals surface area contributed by atoms with Gasteiger partial charge < -0.3 is 0 Å². The lowest BCUT2D eigenvalue weighted by Crippen LogP contribution is -2.06. The number of carbonyl (C=O) groups excluding carboxylic acids is 1. The van der Waals surface area contributed by atoms with Crippen molar-refractivity contribution in [1.82, 2.24) is 0 Å². The fourth-order valence-corrected chi connectivity index (χ4v) is 2.92. The Kier molecular flexibility index (Phi) is 2.88. The van der Waals surface area contributed by atoms with Crippen molar-refractivity contribution in [3.63, 3.8) is 0 Å². The van der Waals surface area contributed by atoms with Gasteiger partial charge in [-0.2, -0.15) is 0 Å². The van der Waals surface area contributed by atoms with Gasteiger partial charge in [0.15, 0.2) is 5.78 Å². The van der Waals surface area contributed by atoms with Crippen LogP contribution in [0.3, 0.4) is 0 Å². The van der Waals surface area contributed by atoms with E-state index in [9.17, 15) is 4.79 Å². The number of benzene rings is 1. The summed E-state index contributed by atoms with van der Waals surface area (Å²) in [6.45, 7) is 8.52. The fraction of sp³-hybridized carbons (Fsp3) is 0.533. The van der Waals surface area contributed by atoms with Crippen LogP contribution in [0.25, 0.3) is 0 Å². The Hall–Kier alpha value is -1.11. The molecule has 0 aliphatic heterocycles. The van der Waals surface area contributed by atoms with Gasteiger partial charge in [-0.1, -0.05) is 26.3 Å². The molecule has 86 valence electrons. The van der Waals surface area contributed by atoms with Crippen molar-refractivity contribution in [2.45, 2.75) is 47.0 Å². The van der Waals surface area contributed by atoms with E-state index in [-0.39, 0.29) is 5.92 Å². The van der Waals surface area contributed by atoms with Crippen LogP contribution in [0.4, 0.5) is 0 Å². The molecule has 1 aliphatic rings. The highest BCUT2D eigenvalue weighted by molar-refractivity contribution is 6.03. The number of fused-ring (bicyclic) bond motifs is 1. The first kappa shape index (κ1) is 11.4. The summed E-state index contributed by atoms with van der Waals surface area (Å²) in [5.41, 5.74) is 6.30. The second kappa shape index (κ2) is 4.04. The third-order valence-corrected chi connectivity index (χ3v) is 3.74. The highest BCUT2D eigenvalue weighted by Gasteiger charge is 2.29. The van der Waals surface area contributed by atoms with Crippen molar-refractivity contribution in [3.8, 4) is 0 Å². The lowest BCUT2D eigenvalue weighted by molar-refractivity contribution is 0.0945. The molecule has 0 aromatic heterocycles. The summed E-state index contributed by atoms with van der Waals surface area (Å²) >= 11 is 0. The predicted octanol–water partition coefficient (Wildman–Crippen LogP) is 3.63. The van der Waals surface area contributed by atoms with E-state index in [0.717, 1.165) is 24.8 Å². The monoisotopic (exact) mass is 216 g/mol. The van der Waals surface area contributed by atoms with Gasteiger partial charge in [0.25, 0.3) is 0 Å². The van der Waals surface area contributed by atoms with Crippen LogP contribution in [0.1, 0.15) is 52.9 Å². The average Bonchev–Trinajstić information content (AvgIpc) is 2.49. The SMILES string of the molecule is CCCc1c(C)cc2c(c1C)C(=O)C(C)C2. The lowest BCUT2D eigenvalue weighted by atomic mass is 9.91. The van der Waals surface area contributed by atoms with Gasteiger partial charge in [0, 0.05) is 11.5 Å². The van der Waals surface area contributed by atoms with Crippen molar-refractivity contribution >= 4 is 5.78 Å². The van der Waals surface area contributed by atoms with Crippen LogP contribution < -0.4 is 0 Å². The molecule has 16 heavy (non-hydrogen) atoms. The molecule has 1 aliphatic carbocycles.